The van der Waals surface area contributed by atoms with Gasteiger partial charge in [0.15, 0.2) is 0 Å². The zero-order valence-electron chi connectivity index (χ0n) is 7.12. The highest BCUT2D eigenvalue weighted by Gasteiger charge is 2.17. The smallest absolute Gasteiger partial charge is 0.0956 e. The van der Waals surface area contributed by atoms with Crippen LogP contribution in [0, 0.1) is 5.92 Å². The van der Waals surface area contributed by atoms with Gasteiger partial charge in [0.2, 0.25) is 0 Å². The summed E-state index contributed by atoms with van der Waals surface area (Å²) >= 11 is 0. The van der Waals surface area contributed by atoms with Crippen molar-refractivity contribution in [1.29, 1.82) is 0 Å². The Kier molecular flexibility index (Phi) is 3.83. The van der Waals surface area contributed by atoms with Gasteiger partial charge in [0.25, 0.3) is 0 Å². The summed E-state index contributed by atoms with van der Waals surface area (Å²) in [6.07, 6.45) is 2.32. The van der Waals surface area contributed by atoms with E-state index in [0.29, 0.717) is 5.92 Å². The molecule has 1 rings (SSSR count). The SMILES string of the molecule is COCC1CCN(CO)CC1. The first-order valence-corrected chi connectivity index (χ1v) is 4.19. The lowest BCUT2D eigenvalue weighted by molar-refractivity contribution is 0.0498. The van der Waals surface area contributed by atoms with Crippen molar-refractivity contribution in [3.05, 3.63) is 0 Å². The molecule has 0 bridgehead atoms. The number of rotatable bonds is 3. The Labute approximate surface area is 68.0 Å². The predicted molar refractivity (Wildman–Crippen MR) is 43.3 cm³/mol. The second-order valence-corrected chi connectivity index (χ2v) is 3.16. The molecule has 0 aliphatic carbocycles. The molecule has 0 aromatic heterocycles. The van der Waals surface area contributed by atoms with E-state index in [0.717, 1.165) is 32.5 Å². The van der Waals surface area contributed by atoms with Crippen molar-refractivity contribution >= 4 is 0 Å². The van der Waals surface area contributed by atoms with Crippen LogP contribution in [0.3, 0.4) is 0 Å². The molecule has 0 aromatic rings. The Hall–Kier alpha value is -0.120. The first-order chi connectivity index (χ1) is 5.36. The van der Waals surface area contributed by atoms with Gasteiger partial charge in [-0.25, -0.2) is 0 Å². The fourth-order valence-electron chi connectivity index (χ4n) is 1.53. The summed E-state index contributed by atoms with van der Waals surface area (Å²) in [7, 11) is 1.75. The molecule has 1 aliphatic heterocycles. The number of hydrogen-bond donors (Lipinski definition) is 1. The standard InChI is InChI=1S/C8H17NO2/c1-11-6-8-2-4-9(7-10)5-3-8/h8,10H,2-7H2,1H3. The van der Waals surface area contributed by atoms with Crippen molar-refractivity contribution in [2.24, 2.45) is 5.92 Å². The summed E-state index contributed by atoms with van der Waals surface area (Å²) in [5, 5.41) is 8.80. The van der Waals surface area contributed by atoms with E-state index >= 15 is 0 Å². The van der Waals surface area contributed by atoms with Crippen LogP contribution < -0.4 is 0 Å². The largest absolute Gasteiger partial charge is 0.384 e. The molecule has 1 fully saturated rings. The topological polar surface area (TPSA) is 32.7 Å². The predicted octanol–water partition coefficient (Wildman–Crippen LogP) is 0.295. The number of likely N-dealkylation sites (tertiary alicyclic amines) is 1. The van der Waals surface area contributed by atoms with Gasteiger partial charge in [0.1, 0.15) is 0 Å². The second kappa shape index (κ2) is 4.70. The normalized spacial score (nSPS) is 22.4. The highest BCUT2D eigenvalue weighted by atomic mass is 16.5. The van der Waals surface area contributed by atoms with E-state index in [1.165, 1.54) is 0 Å². The van der Waals surface area contributed by atoms with Crippen LogP contribution in [0.5, 0.6) is 0 Å². The molecule has 1 saturated heterocycles. The van der Waals surface area contributed by atoms with Crippen molar-refractivity contribution in [2.45, 2.75) is 12.8 Å². The van der Waals surface area contributed by atoms with Gasteiger partial charge < -0.3 is 9.84 Å². The lowest BCUT2D eigenvalue weighted by Crippen LogP contribution is -2.35. The van der Waals surface area contributed by atoms with Crippen LogP contribution in [-0.2, 0) is 4.74 Å². The maximum atomic E-state index is 8.80. The third-order valence-electron chi connectivity index (χ3n) is 2.31. The summed E-state index contributed by atoms with van der Waals surface area (Å²) in [6, 6.07) is 0. The molecule has 0 radical (unpaired) electrons. The lowest BCUT2D eigenvalue weighted by Gasteiger charge is -2.29. The van der Waals surface area contributed by atoms with E-state index in [2.05, 4.69) is 4.90 Å². The Balaban J connectivity index is 2.14. The van der Waals surface area contributed by atoms with Crippen molar-refractivity contribution < 1.29 is 9.84 Å². The van der Waals surface area contributed by atoms with Crippen LogP contribution >= 0.6 is 0 Å². The zero-order valence-corrected chi connectivity index (χ0v) is 7.12. The average Bonchev–Trinajstić information content (AvgIpc) is 2.07. The van der Waals surface area contributed by atoms with Gasteiger partial charge in [-0.1, -0.05) is 0 Å². The molecule has 66 valence electrons. The summed E-state index contributed by atoms with van der Waals surface area (Å²) < 4.78 is 5.07. The first kappa shape index (κ1) is 8.97. The molecule has 1 aliphatic rings. The number of aliphatic hydroxyl groups is 1. The molecular formula is C8H17NO2. The summed E-state index contributed by atoms with van der Waals surface area (Å²) in [4.78, 5) is 2.06. The molecule has 1 heterocycles. The maximum Gasteiger partial charge on any atom is 0.0956 e. The van der Waals surface area contributed by atoms with Crippen LogP contribution in [0.25, 0.3) is 0 Å². The van der Waals surface area contributed by atoms with Crippen molar-refractivity contribution in [2.75, 3.05) is 33.5 Å². The summed E-state index contributed by atoms with van der Waals surface area (Å²) in [5.74, 6) is 0.711. The highest BCUT2D eigenvalue weighted by molar-refractivity contribution is 4.69. The number of piperidine rings is 1. The maximum absolute atomic E-state index is 8.80. The Morgan fingerprint density at radius 1 is 1.45 bits per heavy atom. The molecule has 0 atom stereocenters. The van der Waals surface area contributed by atoms with Gasteiger partial charge in [-0.3, -0.25) is 4.90 Å². The molecule has 3 heteroatoms. The zero-order chi connectivity index (χ0) is 8.10. The fraction of sp³-hybridized carbons (Fsp3) is 1.00. The van der Waals surface area contributed by atoms with Crippen LogP contribution in [0.15, 0.2) is 0 Å². The molecular weight excluding hydrogens is 142 g/mol. The van der Waals surface area contributed by atoms with Gasteiger partial charge in [0, 0.05) is 26.8 Å². The summed E-state index contributed by atoms with van der Waals surface area (Å²) in [6.45, 7) is 3.12. The highest BCUT2D eigenvalue weighted by Crippen LogP contribution is 2.16. The van der Waals surface area contributed by atoms with Crippen molar-refractivity contribution in [1.82, 2.24) is 4.90 Å². The molecule has 0 saturated carbocycles. The summed E-state index contributed by atoms with van der Waals surface area (Å²) in [5.41, 5.74) is 0. The second-order valence-electron chi connectivity index (χ2n) is 3.16. The van der Waals surface area contributed by atoms with E-state index in [1.54, 1.807) is 7.11 Å². The van der Waals surface area contributed by atoms with Crippen molar-refractivity contribution in [3.8, 4) is 0 Å². The minimum absolute atomic E-state index is 0.208. The van der Waals surface area contributed by atoms with Gasteiger partial charge in [0.05, 0.1) is 6.73 Å². The molecule has 11 heavy (non-hydrogen) atoms. The number of aliphatic hydroxyl groups excluding tert-OH is 1. The molecule has 0 unspecified atom stereocenters. The number of ether oxygens (including phenoxy) is 1. The number of nitrogens with zero attached hydrogens (tertiary/aromatic N) is 1. The molecule has 3 nitrogen and oxygen atoms in total. The van der Waals surface area contributed by atoms with Crippen molar-refractivity contribution in [3.63, 3.8) is 0 Å². The van der Waals surface area contributed by atoms with Crippen LogP contribution in [0.1, 0.15) is 12.8 Å². The Morgan fingerprint density at radius 2 is 2.09 bits per heavy atom. The van der Waals surface area contributed by atoms with Gasteiger partial charge >= 0.3 is 0 Å². The third kappa shape index (κ3) is 2.77. The van der Waals surface area contributed by atoms with Gasteiger partial charge in [-0.2, -0.15) is 0 Å². The molecule has 0 aromatic carbocycles. The van der Waals surface area contributed by atoms with Crippen LogP contribution in [0.4, 0.5) is 0 Å². The fourth-order valence-corrected chi connectivity index (χ4v) is 1.53. The molecule has 0 amide bonds. The average molecular weight is 159 g/mol. The van der Waals surface area contributed by atoms with E-state index in [9.17, 15) is 0 Å². The first-order valence-electron chi connectivity index (χ1n) is 4.19. The number of hydrogen-bond acceptors (Lipinski definition) is 3. The molecule has 0 spiro atoms. The Bertz CT molecular complexity index is 100. The quantitative estimate of drug-likeness (QED) is 0.642. The van der Waals surface area contributed by atoms with Crippen LogP contribution in [0.2, 0.25) is 0 Å². The number of methoxy groups -OCH3 is 1. The lowest BCUT2D eigenvalue weighted by atomic mass is 9.98. The minimum Gasteiger partial charge on any atom is -0.384 e. The van der Waals surface area contributed by atoms with Gasteiger partial charge in [-0.05, 0) is 18.8 Å². The Morgan fingerprint density at radius 3 is 2.55 bits per heavy atom. The van der Waals surface area contributed by atoms with E-state index in [4.69, 9.17) is 9.84 Å². The molecule has 1 N–H and O–H groups in total. The minimum atomic E-state index is 0.208. The van der Waals surface area contributed by atoms with E-state index in [1.807, 2.05) is 0 Å². The van der Waals surface area contributed by atoms with E-state index < -0.39 is 0 Å². The van der Waals surface area contributed by atoms with Gasteiger partial charge in [-0.15, -0.1) is 0 Å². The van der Waals surface area contributed by atoms with E-state index in [-0.39, 0.29) is 6.73 Å². The van der Waals surface area contributed by atoms with Crippen LogP contribution in [-0.4, -0.2) is 43.5 Å². The monoisotopic (exact) mass is 159 g/mol. The third-order valence-corrected chi connectivity index (χ3v) is 2.31.